The fourth-order valence-electron chi connectivity index (χ4n) is 1.30. The van der Waals surface area contributed by atoms with Crippen molar-refractivity contribution >= 4 is 33.9 Å². The van der Waals surface area contributed by atoms with Crippen LogP contribution in [0.4, 0.5) is 0 Å². The summed E-state index contributed by atoms with van der Waals surface area (Å²) in [7, 11) is 0. The minimum atomic E-state index is -0.0673. The van der Waals surface area contributed by atoms with Crippen molar-refractivity contribution in [2.45, 2.75) is 12.5 Å². The van der Waals surface area contributed by atoms with Crippen molar-refractivity contribution in [3.63, 3.8) is 0 Å². The van der Waals surface area contributed by atoms with Crippen LogP contribution in [-0.2, 0) is 4.74 Å². The van der Waals surface area contributed by atoms with Gasteiger partial charge < -0.3 is 10.5 Å². The average molecular weight is 307 g/mol. The van der Waals surface area contributed by atoms with Crippen molar-refractivity contribution in [1.82, 2.24) is 0 Å². The smallest absolute Gasteiger partial charge is 0.113 e. The fourth-order valence-corrected chi connectivity index (χ4v) is 2.71. The van der Waals surface area contributed by atoms with E-state index in [0.717, 1.165) is 24.4 Å². The summed E-state index contributed by atoms with van der Waals surface area (Å²) in [5, 5.41) is 2.09. The van der Waals surface area contributed by atoms with Gasteiger partial charge in [-0.2, -0.15) is 0 Å². The zero-order valence-electron chi connectivity index (χ0n) is 7.00. The van der Waals surface area contributed by atoms with E-state index in [2.05, 4.69) is 40.1 Å². The second-order valence-corrected chi connectivity index (χ2v) is 5.71. The van der Waals surface area contributed by atoms with Crippen molar-refractivity contribution in [2.24, 2.45) is 5.73 Å². The van der Waals surface area contributed by atoms with E-state index in [9.17, 15) is 0 Å². The second-order valence-electron chi connectivity index (χ2n) is 2.91. The molecule has 0 aromatic carbocycles. The highest BCUT2D eigenvalue weighted by Gasteiger charge is 2.17. The Morgan fingerprint density at radius 2 is 2.46 bits per heavy atom. The minimum Gasteiger partial charge on any atom is -0.496 e. The normalized spacial score (nSPS) is 18.2. The van der Waals surface area contributed by atoms with Crippen molar-refractivity contribution < 1.29 is 4.74 Å². The molecule has 1 aromatic heterocycles. The number of thiophene rings is 1. The first-order valence-electron chi connectivity index (χ1n) is 4.10. The van der Waals surface area contributed by atoms with Crippen LogP contribution in [0.25, 0.3) is 0 Å². The first-order valence-corrected chi connectivity index (χ1v) is 6.05. The topological polar surface area (TPSA) is 35.2 Å². The molecule has 4 heteroatoms. The molecule has 2 nitrogen and oxygen atoms in total. The van der Waals surface area contributed by atoms with Crippen molar-refractivity contribution in [2.75, 3.05) is 6.61 Å². The van der Waals surface area contributed by atoms with Crippen LogP contribution < -0.4 is 5.73 Å². The van der Waals surface area contributed by atoms with E-state index in [4.69, 9.17) is 10.5 Å². The lowest BCUT2D eigenvalue weighted by molar-refractivity contribution is 0.225. The number of ether oxygens (including phenoxy) is 1. The Labute approximate surface area is 94.9 Å². The van der Waals surface area contributed by atoms with Crippen LogP contribution in [0.1, 0.15) is 18.0 Å². The Morgan fingerprint density at radius 1 is 1.62 bits per heavy atom. The van der Waals surface area contributed by atoms with Gasteiger partial charge in [-0.3, -0.25) is 0 Å². The molecule has 0 radical (unpaired) electrons. The SMILES string of the molecule is NC(C1=CCCO1)c1csc(I)c1. The molecule has 1 atom stereocenters. The molecule has 2 N–H and O–H groups in total. The third-order valence-electron chi connectivity index (χ3n) is 1.99. The third-order valence-corrected chi connectivity index (χ3v) is 3.79. The summed E-state index contributed by atoms with van der Waals surface area (Å²) in [5.41, 5.74) is 7.18. The molecule has 0 amide bonds. The van der Waals surface area contributed by atoms with Gasteiger partial charge in [0.15, 0.2) is 0 Å². The molecule has 13 heavy (non-hydrogen) atoms. The quantitative estimate of drug-likeness (QED) is 0.853. The Bertz CT molecular complexity index is 334. The maximum atomic E-state index is 6.02. The van der Waals surface area contributed by atoms with Crippen LogP contribution in [0.15, 0.2) is 23.3 Å². The maximum absolute atomic E-state index is 6.02. The third kappa shape index (κ3) is 2.05. The number of nitrogens with two attached hydrogens (primary N) is 1. The molecule has 1 aliphatic heterocycles. The largest absolute Gasteiger partial charge is 0.496 e. The molecule has 2 rings (SSSR count). The number of halogens is 1. The van der Waals surface area contributed by atoms with Crippen LogP contribution in [0.2, 0.25) is 0 Å². The summed E-state index contributed by atoms with van der Waals surface area (Å²) < 4.78 is 6.68. The Morgan fingerprint density at radius 3 is 3.00 bits per heavy atom. The molecule has 0 aliphatic carbocycles. The summed E-state index contributed by atoms with van der Waals surface area (Å²) in [4.78, 5) is 0. The summed E-state index contributed by atoms with van der Waals surface area (Å²) in [6.45, 7) is 0.782. The molecule has 0 saturated carbocycles. The second kappa shape index (κ2) is 3.98. The zero-order valence-corrected chi connectivity index (χ0v) is 9.97. The van der Waals surface area contributed by atoms with Gasteiger partial charge in [0.05, 0.1) is 15.5 Å². The minimum absolute atomic E-state index is 0.0673. The van der Waals surface area contributed by atoms with E-state index in [0.29, 0.717) is 0 Å². The summed E-state index contributed by atoms with van der Waals surface area (Å²) in [5.74, 6) is 0.925. The van der Waals surface area contributed by atoms with Crippen LogP contribution in [0.3, 0.4) is 0 Å². The van der Waals surface area contributed by atoms with E-state index in [1.54, 1.807) is 11.3 Å². The Hall–Kier alpha value is -0.0700. The van der Waals surface area contributed by atoms with Gasteiger partial charge in [-0.05, 0) is 45.7 Å². The Kier molecular flexibility index (Phi) is 2.90. The van der Waals surface area contributed by atoms with Crippen LogP contribution >= 0.6 is 33.9 Å². The number of hydrogen-bond acceptors (Lipinski definition) is 3. The molecule has 0 saturated heterocycles. The van der Waals surface area contributed by atoms with Gasteiger partial charge in [0.25, 0.3) is 0 Å². The maximum Gasteiger partial charge on any atom is 0.113 e. The lowest BCUT2D eigenvalue weighted by Gasteiger charge is -2.10. The van der Waals surface area contributed by atoms with Gasteiger partial charge in [-0.25, -0.2) is 0 Å². The molecule has 2 heterocycles. The molecule has 0 spiro atoms. The number of hydrogen-bond donors (Lipinski definition) is 1. The van der Waals surface area contributed by atoms with E-state index < -0.39 is 0 Å². The molecule has 0 fully saturated rings. The van der Waals surface area contributed by atoms with Crippen molar-refractivity contribution in [1.29, 1.82) is 0 Å². The zero-order chi connectivity index (χ0) is 9.26. The molecule has 1 aromatic rings. The summed E-state index contributed by atoms with van der Waals surface area (Å²) in [6.07, 6.45) is 3.07. The highest BCUT2D eigenvalue weighted by molar-refractivity contribution is 14.1. The van der Waals surface area contributed by atoms with Gasteiger partial charge in [-0.15, -0.1) is 11.3 Å². The molecule has 1 aliphatic rings. The first-order chi connectivity index (χ1) is 6.27. The standard InChI is InChI=1S/C9H10INOS/c10-8-4-6(5-13-8)9(11)7-2-1-3-12-7/h2,4-5,9H,1,3,11H2. The van der Waals surface area contributed by atoms with Crippen LogP contribution in [-0.4, -0.2) is 6.61 Å². The lowest BCUT2D eigenvalue weighted by atomic mass is 10.1. The average Bonchev–Trinajstić information content (AvgIpc) is 2.72. The lowest BCUT2D eigenvalue weighted by Crippen LogP contribution is -2.12. The predicted molar refractivity (Wildman–Crippen MR) is 62.6 cm³/mol. The molecule has 0 bridgehead atoms. The summed E-state index contributed by atoms with van der Waals surface area (Å²) >= 11 is 4.02. The number of rotatable bonds is 2. The molecule has 1 unspecified atom stereocenters. The monoisotopic (exact) mass is 307 g/mol. The van der Waals surface area contributed by atoms with Gasteiger partial charge in [0.2, 0.25) is 0 Å². The van der Waals surface area contributed by atoms with Gasteiger partial charge in [-0.1, -0.05) is 0 Å². The van der Waals surface area contributed by atoms with Gasteiger partial charge in [0, 0.05) is 6.42 Å². The predicted octanol–water partition coefficient (Wildman–Crippen LogP) is 2.66. The van der Waals surface area contributed by atoms with E-state index >= 15 is 0 Å². The van der Waals surface area contributed by atoms with E-state index in [-0.39, 0.29) is 6.04 Å². The highest BCUT2D eigenvalue weighted by atomic mass is 127. The summed E-state index contributed by atoms with van der Waals surface area (Å²) in [6, 6.07) is 2.04. The molecule has 70 valence electrons. The van der Waals surface area contributed by atoms with Gasteiger partial charge >= 0.3 is 0 Å². The van der Waals surface area contributed by atoms with E-state index in [1.807, 2.05) is 0 Å². The Balaban J connectivity index is 2.16. The fraction of sp³-hybridized carbons (Fsp3) is 0.333. The van der Waals surface area contributed by atoms with E-state index in [1.165, 1.54) is 2.88 Å². The van der Waals surface area contributed by atoms with Crippen molar-refractivity contribution in [3.05, 3.63) is 31.7 Å². The highest BCUT2D eigenvalue weighted by Crippen LogP contribution is 2.28. The first kappa shape index (κ1) is 9.48. The molecular weight excluding hydrogens is 297 g/mol. The van der Waals surface area contributed by atoms with Crippen LogP contribution in [0, 0.1) is 2.88 Å². The van der Waals surface area contributed by atoms with Gasteiger partial charge in [0.1, 0.15) is 5.76 Å². The van der Waals surface area contributed by atoms with Crippen molar-refractivity contribution in [3.8, 4) is 0 Å². The molecular formula is C9H10INOS. The van der Waals surface area contributed by atoms with Crippen LogP contribution in [0.5, 0.6) is 0 Å².